The van der Waals surface area contributed by atoms with Crippen LogP contribution in [0.3, 0.4) is 0 Å². The van der Waals surface area contributed by atoms with E-state index in [1.807, 2.05) is 0 Å². The van der Waals surface area contributed by atoms with Crippen molar-refractivity contribution in [1.29, 1.82) is 0 Å². The Balaban J connectivity index is 5.21. The molecule has 0 radical (unpaired) electrons. The highest BCUT2D eigenvalue weighted by molar-refractivity contribution is 5.92. The molecule has 0 aliphatic rings. The van der Waals surface area contributed by atoms with Crippen LogP contribution in [0.15, 0.2) is 24.3 Å². The zero-order valence-corrected chi connectivity index (χ0v) is 27.7. The molecule has 250 valence electrons. The highest BCUT2D eigenvalue weighted by atomic mass is 16.6. The van der Waals surface area contributed by atoms with Gasteiger partial charge in [-0.05, 0) is 93.9 Å². The fraction of sp³-hybridized carbons (Fsp3) is 0.677. The monoisotopic (exact) mass is 623 g/mol. The van der Waals surface area contributed by atoms with Gasteiger partial charge < -0.3 is 36.1 Å². The van der Waals surface area contributed by atoms with Crippen LogP contribution in [0.2, 0.25) is 0 Å². The summed E-state index contributed by atoms with van der Waals surface area (Å²) >= 11 is 0. The maximum atomic E-state index is 13.0. The summed E-state index contributed by atoms with van der Waals surface area (Å²) in [7, 11) is 0. The summed E-state index contributed by atoms with van der Waals surface area (Å²) in [5.74, 6) is -2.38. The van der Waals surface area contributed by atoms with E-state index in [4.69, 9.17) is 9.47 Å². The zero-order chi connectivity index (χ0) is 34.1. The van der Waals surface area contributed by atoms with Gasteiger partial charge in [0, 0.05) is 24.2 Å². The molecule has 5 N–H and O–H groups in total. The summed E-state index contributed by atoms with van der Waals surface area (Å²) in [6.07, 6.45) is 1.75. The van der Waals surface area contributed by atoms with E-state index in [1.54, 1.807) is 55.4 Å². The van der Waals surface area contributed by atoms with Crippen molar-refractivity contribution in [3.05, 3.63) is 24.3 Å². The Kier molecular flexibility index (Phi) is 17.7. The van der Waals surface area contributed by atoms with Crippen molar-refractivity contribution in [3.8, 4) is 0 Å². The molecule has 0 aliphatic carbocycles. The van der Waals surface area contributed by atoms with Gasteiger partial charge in [0.25, 0.3) is 0 Å². The molecule has 0 heterocycles. The molecule has 0 unspecified atom stereocenters. The van der Waals surface area contributed by atoms with E-state index in [-0.39, 0.29) is 24.7 Å². The number of rotatable bonds is 18. The average molecular weight is 624 g/mol. The molecule has 0 rings (SSSR count). The molecule has 0 fully saturated rings. The molecular weight excluding hydrogens is 570 g/mol. The molecule has 0 aromatic carbocycles. The fourth-order valence-corrected chi connectivity index (χ4v) is 3.53. The first-order chi connectivity index (χ1) is 20.2. The summed E-state index contributed by atoms with van der Waals surface area (Å²) in [5.41, 5.74) is -0.794. The van der Waals surface area contributed by atoms with E-state index in [2.05, 4.69) is 39.7 Å². The third-order valence-corrected chi connectivity index (χ3v) is 5.64. The van der Waals surface area contributed by atoms with Crippen molar-refractivity contribution in [3.63, 3.8) is 0 Å². The van der Waals surface area contributed by atoms with Crippen molar-refractivity contribution in [2.24, 2.45) is 0 Å². The average Bonchev–Trinajstić information content (AvgIpc) is 2.87. The molecule has 44 heavy (non-hydrogen) atoms. The van der Waals surface area contributed by atoms with Gasteiger partial charge in [0.1, 0.15) is 23.3 Å². The van der Waals surface area contributed by atoms with Gasteiger partial charge in [-0.3, -0.25) is 19.2 Å². The number of hydrogen-bond acceptors (Lipinski definition) is 8. The predicted octanol–water partition coefficient (Wildman–Crippen LogP) is 2.55. The molecule has 0 bridgehead atoms. The number of amides is 5. The number of carbonyl (C=O) groups excluding carboxylic acids is 6. The molecule has 0 saturated heterocycles. The molecule has 0 aromatic heterocycles. The summed E-state index contributed by atoms with van der Waals surface area (Å²) < 4.78 is 10.7. The highest BCUT2D eigenvalue weighted by Crippen LogP contribution is 2.12. The summed E-state index contributed by atoms with van der Waals surface area (Å²) in [6.45, 7) is 20.9. The lowest BCUT2D eigenvalue weighted by atomic mass is 10.1. The van der Waals surface area contributed by atoms with Crippen molar-refractivity contribution in [2.45, 2.75) is 117 Å². The van der Waals surface area contributed by atoms with Crippen LogP contribution in [0.5, 0.6) is 0 Å². The largest absolute Gasteiger partial charge is 0.458 e. The first kappa shape index (κ1) is 40.1. The molecular formula is C31H53N5O8. The molecule has 13 nitrogen and oxygen atoms in total. The Morgan fingerprint density at radius 3 is 1.52 bits per heavy atom. The Hall–Kier alpha value is -3.90. The van der Waals surface area contributed by atoms with E-state index in [0.29, 0.717) is 49.9 Å². The predicted molar refractivity (Wildman–Crippen MR) is 167 cm³/mol. The second-order valence-electron chi connectivity index (χ2n) is 12.6. The van der Waals surface area contributed by atoms with Crippen molar-refractivity contribution in [2.75, 3.05) is 19.6 Å². The van der Waals surface area contributed by atoms with Crippen molar-refractivity contribution < 1.29 is 38.2 Å². The van der Waals surface area contributed by atoms with E-state index >= 15 is 0 Å². The Labute approximate surface area is 261 Å². The van der Waals surface area contributed by atoms with Crippen LogP contribution in [0.25, 0.3) is 0 Å². The van der Waals surface area contributed by atoms with Crippen LogP contribution >= 0.6 is 0 Å². The minimum absolute atomic E-state index is 0.220. The van der Waals surface area contributed by atoms with Crippen LogP contribution in [-0.4, -0.2) is 78.6 Å². The van der Waals surface area contributed by atoms with E-state index < -0.39 is 53.7 Å². The molecule has 0 saturated carbocycles. The Bertz CT molecular complexity index is 1040. The highest BCUT2D eigenvalue weighted by Gasteiger charge is 2.28. The second kappa shape index (κ2) is 19.4. The van der Waals surface area contributed by atoms with Gasteiger partial charge in [-0.2, -0.15) is 0 Å². The maximum absolute atomic E-state index is 13.0. The number of unbranched alkanes of at least 4 members (excludes halogenated alkanes) is 2. The van der Waals surface area contributed by atoms with Crippen LogP contribution < -0.4 is 26.6 Å². The molecule has 0 spiro atoms. The molecule has 5 amide bonds. The SMILES string of the molecule is C=C(C)C(=O)NCCCC[C@@H](NC(=O)OC(C)(C)C)C(=O)NCC(=O)N[C@H](CCCCNC(=O)C(=C)C)C(=O)OC(C)(C)C. The maximum Gasteiger partial charge on any atom is 0.408 e. The zero-order valence-electron chi connectivity index (χ0n) is 27.7. The third-order valence-electron chi connectivity index (χ3n) is 5.64. The summed E-state index contributed by atoms with van der Waals surface area (Å²) in [6, 6.07) is -1.98. The van der Waals surface area contributed by atoms with E-state index in [1.165, 1.54) is 0 Å². The Morgan fingerprint density at radius 2 is 1.09 bits per heavy atom. The topological polar surface area (TPSA) is 181 Å². The summed E-state index contributed by atoms with van der Waals surface area (Å²) in [4.78, 5) is 74.2. The third kappa shape index (κ3) is 20.1. The van der Waals surface area contributed by atoms with Gasteiger partial charge in [-0.25, -0.2) is 9.59 Å². The van der Waals surface area contributed by atoms with E-state index in [9.17, 15) is 28.8 Å². The number of nitrogens with one attached hydrogen (secondary N) is 5. The number of carbonyl (C=O) groups is 6. The minimum atomic E-state index is -1.01. The molecule has 0 aliphatic heterocycles. The first-order valence-electron chi connectivity index (χ1n) is 14.9. The fourth-order valence-electron chi connectivity index (χ4n) is 3.53. The van der Waals surface area contributed by atoms with Gasteiger partial charge in [0.15, 0.2) is 0 Å². The Morgan fingerprint density at radius 1 is 0.636 bits per heavy atom. The summed E-state index contributed by atoms with van der Waals surface area (Å²) in [5, 5.41) is 13.1. The lowest BCUT2D eigenvalue weighted by Crippen LogP contribution is -2.52. The normalized spacial score (nSPS) is 12.5. The molecule has 2 atom stereocenters. The lowest BCUT2D eigenvalue weighted by Gasteiger charge is -2.25. The number of esters is 1. The van der Waals surface area contributed by atoms with Crippen molar-refractivity contribution >= 4 is 35.7 Å². The second-order valence-corrected chi connectivity index (χ2v) is 12.6. The van der Waals surface area contributed by atoms with Crippen LogP contribution in [0, 0.1) is 0 Å². The molecule has 13 heteroatoms. The quantitative estimate of drug-likeness (QED) is 0.0877. The standard InChI is InChI=1S/C31H53N5O8/c1-20(2)25(38)32-17-13-11-15-22(36-29(42)44-31(8,9)10)27(40)34-19-24(37)35-23(28(41)43-30(5,6)7)16-12-14-18-33-26(39)21(3)4/h22-23H,1,3,11-19H2,2,4-10H3,(H,32,38)(H,33,39)(H,34,40)(H,35,37)(H,36,42)/t22-,23-/m1/s1. The molecule has 0 aromatic rings. The van der Waals surface area contributed by atoms with Gasteiger partial charge in [0.05, 0.1) is 6.54 Å². The lowest BCUT2D eigenvalue weighted by molar-refractivity contribution is -0.158. The number of alkyl carbamates (subject to hydrolysis) is 1. The number of hydrogen-bond donors (Lipinski definition) is 5. The van der Waals surface area contributed by atoms with Crippen LogP contribution in [-0.2, 0) is 33.4 Å². The van der Waals surface area contributed by atoms with Crippen LogP contribution in [0.1, 0.15) is 93.9 Å². The van der Waals surface area contributed by atoms with Crippen LogP contribution in [0.4, 0.5) is 4.79 Å². The van der Waals surface area contributed by atoms with Gasteiger partial charge >= 0.3 is 12.1 Å². The van der Waals surface area contributed by atoms with Crippen molar-refractivity contribution in [1.82, 2.24) is 26.6 Å². The first-order valence-corrected chi connectivity index (χ1v) is 14.9. The van der Waals surface area contributed by atoms with Gasteiger partial charge in [0.2, 0.25) is 23.6 Å². The minimum Gasteiger partial charge on any atom is -0.458 e. The van der Waals surface area contributed by atoms with E-state index in [0.717, 1.165) is 0 Å². The van der Waals surface area contributed by atoms with Gasteiger partial charge in [-0.1, -0.05) is 13.2 Å². The smallest absolute Gasteiger partial charge is 0.408 e. The van der Waals surface area contributed by atoms with Gasteiger partial charge in [-0.15, -0.1) is 0 Å². The number of ether oxygens (including phenoxy) is 2.